The van der Waals surface area contributed by atoms with Crippen molar-refractivity contribution < 1.29 is 31.4 Å². The quantitative estimate of drug-likeness (QED) is 0.203. The van der Waals surface area contributed by atoms with Gasteiger partial charge in [-0.25, -0.2) is 0 Å². The van der Waals surface area contributed by atoms with E-state index in [1.807, 2.05) is 0 Å². The first-order chi connectivity index (χ1) is 18.0. The highest BCUT2D eigenvalue weighted by molar-refractivity contribution is 5.93. The fraction of sp³-hybridized carbons (Fsp3) is 0.250. The number of phenols is 1. The zero-order valence-electron chi connectivity index (χ0n) is 20.0. The summed E-state index contributed by atoms with van der Waals surface area (Å²) in [6.45, 7) is 2.08. The first-order valence-electron chi connectivity index (χ1n) is 12.0. The predicted molar refractivity (Wildman–Crippen MR) is 133 cm³/mol. The van der Waals surface area contributed by atoms with Gasteiger partial charge in [-0.2, -0.15) is 26.3 Å². The van der Waals surface area contributed by atoms with E-state index in [-0.39, 0.29) is 22.4 Å². The highest BCUT2D eigenvalue weighted by atomic mass is 19.4. The first-order valence-corrected chi connectivity index (χ1v) is 12.0. The van der Waals surface area contributed by atoms with Gasteiger partial charge in [0.1, 0.15) is 5.75 Å². The monoisotopic (exact) mass is 531 g/mol. The minimum absolute atomic E-state index is 0.115. The minimum atomic E-state index is -4.55. The van der Waals surface area contributed by atoms with Crippen LogP contribution in [0.15, 0.2) is 66.9 Å². The van der Waals surface area contributed by atoms with Crippen LogP contribution in [-0.4, -0.2) is 28.1 Å². The van der Waals surface area contributed by atoms with Crippen LogP contribution < -0.4 is 5.32 Å². The van der Waals surface area contributed by atoms with Crippen LogP contribution in [0.3, 0.4) is 0 Å². The smallest absolute Gasteiger partial charge is 0.416 e. The topological polar surface area (TPSA) is 48.4 Å². The standard InChI is InChI=1S/C28H23F6N3O/c29-27(30,31)19-5-3-4-17(12-19)23-15-21(13-18(26(23)38)16-37-10-1-2-11-37)36-24-8-9-35-25-14-20(28(32,33)34)6-7-22(24)25/h3-9,12-15,38H,1-2,10-11,16H2,(H,35,36). The molecule has 4 aromatic rings. The second kappa shape index (κ2) is 9.83. The number of hydrogen-bond acceptors (Lipinski definition) is 4. The van der Waals surface area contributed by atoms with E-state index >= 15 is 0 Å². The van der Waals surface area contributed by atoms with Gasteiger partial charge in [0, 0.05) is 40.6 Å². The van der Waals surface area contributed by atoms with E-state index in [0.717, 1.165) is 50.2 Å². The van der Waals surface area contributed by atoms with Crippen molar-refractivity contribution in [1.29, 1.82) is 0 Å². The maximum atomic E-state index is 13.4. The summed E-state index contributed by atoms with van der Waals surface area (Å²) in [5.41, 5.74) is 0.355. The summed E-state index contributed by atoms with van der Waals surface area (Å²) in [5.74, 6) is -0.115. The molecule has 38 heavy (non-hydrogen) atoms. The molecule has 5 rings (SSSR count). The van der Waals surface area contributed by atoms with Crippen molar-refractivity contribution in [3.05, 3.63) is 83.6 Å². The number of halogens is 6. The maximum absolute atomic E-state index is 13.4. The first kappa shape index (κ1) is 25.8. The van der Waals surface area contributed by atoms with Crippen LogP contribution in [0.25, 0.3) is 22.0 Å². The molecule has 1 aliphatic heterocycles. The lowest BCUT2D eigenvalue weighted by molar-refractivity contribution is -0.138. The van der Waals surface area contributed by atoms with E-state index in [0.29, 0.717) is 28.9 Å². The Labute approximate surface area is 214 Å². The summed E-state index contributed by atoms with van der Waals surface area (Å²) >= 11 is 0. The zero-order valence-corrected chi connectivity index (χ0v) is 20.0. The normalized spacial score (nSPS) is 14.8. The van der Waals surface area contributed by atoms with Crippen molar-refractivity contribution in [2.24, 2.45) is 0 Å². The molecule has 1 fully saturated rings. The molecule has 10 heteroatoms. The Morgan fingerprint density at radius 1 is 0.842 bits per heavy atom. The molecule has 0 atom stereocenters. The van der Waals surface area contributed by atoms with Crippen molar-refractivity contribution in [2.75, 3.05) is 18.4 Å². The van der Waals surface area contributed by atoms with Gasteiger partial charge < -0.3 is 10.4 Å². The number of hydrogen-bond donors (Lipinski definition) is 2. The number of anilines is 2. The molecule has 1 aliphatic rings. The Kier molecular flexibility index (Phi) is 6.68. The van der Waals surface area contributed by atoms with E-state index in [4.69, 9.17) is 0 Å². The number of pyridine rings is 1. The van der Waals surface area contributed by atoms with Crippen LogP contribution in [0.1, 0.15) is 29.5 Å². The largest absolute Gasteiger partial charge is 0.507 e. The number of rotatable bonds is 5. The van der Waals surface area contributed by atoms with Crippen molar-refractivity contribution in [3.8, 4) is 16.9 Å². The number of aromatic hydroxyl groups is 1. The summed E-state index contributed by atoms with van der Waals surface area (Å²) in [6.07, 6.45) is -5.65. The third kappa shape index (κ3) is 5.40. The Balaban J connectivity index is 1.59. The number of aromatic nitrogens is 1. The van der Waals surface area contributed by atoms with Crippen molar-refractivity contribution in [3.63, 3.8) is 0 Å². The highest BCUT2D eigenvalue weighted by Crippen LogP contribution is 2.40. The molecule has 0 amide bonds. The summed E-state index contributed by atoms with van der Waals surface area (Å²) in [7, 11) is 0. The average molecular weight is 532 g/mol. The molecule has 0 unspecified atom stereocenters. The second-order valence-electron chi connectivity index (χ2n) is 9.31. The molecular formula is C28H23F6N3O. The molecule has 0 radical (unpaired) electrons. The predicted octanol–water partition coefficient (Wildman–Crippen LogP) is 7.98. The lowest BCUT2D eigenvalue weighted by Gasteiger charge is -2.20. The lowest BCUT2D eigenvalue weighted by Crippen LogP contribution is -2.18. The van der Waals surface area contributed by atoms with Crippen LogP contribution in [0.5, 0.6) is 5.75 Å². The summed E-state index contributed by atoms with van der Waals surface area (Å²) in [4.78, 5) is 6.21. The van der Waals surface area contributed by atoms with Gasteiger partial charge in [-0.15, -0.1) is 0 Å². The molecule has 0 aliphatic carbocycles. The van der Waals surface area contributed by atoms with E-state index in [9.17, 15) is 31.4 Å². The van der Waals surface area contributed by atoms with E-state index in [1.54, 1.807) is 12.1 Å². The van der Waals surface area contributed by atoms with Gasteiger partial charge in [-0.1, -0.05) is 18.2 Å². The molecule has 3 aromatic carbocycles. The van der Waals surface area contributed by atoms with Crippen LogP contribution in [-0.2, 0) is 18.9 Å². The van der Waals surface area contributed by atoms with Gasteiger partial charge in [-0.3, -0.25) is 9.88 Å². The maximum Gasteiger partial charge on any atom is 0.416 e. The molecule has 4 nitrogen and oxygen atoms in total. The van der Waals surface area contributed by atoms with Gasteiger partial charge in [-0.05, 0) is 74.0 Å². The third-order valence-electron chi connectivity index (χ3n) is 6.63. The van der Waals surface area contributed by atoms with Crippen molar-refractivity contribution in [2.45, 2.75) is 31.7 Å². The Bertz CT molecular complexity index is 1480. The number of alkyl halides is 6. The molecular weight excluding hydrogens is 508 g/mol. The van der Waals surface area contributed by atoms with Crippen LogP contribution in [0, 0.1) is 0 Å². The van der Waals surface area contributed by atoms with Gasteiger partial charge in [0.2, 0.25) is 0 Å². The third-order valence-corrected chi connectivity index (χ3v) is 6.63. The van der Waals surface area contributed by atoms with Crippen LogP contribution in [0.4, 0.5) is 37.7 Å². The Morgan fingerprint density at radius 2 is 1.55 bits per heavy atom. The molecule has 0 bridgehead atoms. The molecule has 1 aromatic heterocycles. The van der Waals surface area contributed by atoms with Crippen molar-refractivity contribution >= 4 is 22.3 Å². The summed E-state index contributed by atoms with van der Waals surface area (Å²) < 4.78 is 79.7. The van der Waals surface area contributed by atoms with E-state index in [1.165, 1.54) is 30.5 Å². The SMILES string of the molecule is Oc1c(CN2CCCC2)cc(Nc2ccnc3cc(C(F)(F)F)ccc23)cc1-c1cccc(C(F)(F)F)c1. The van der Waals surface area contributed by atoms with Crippen molar-refractivity contribution in [1.82, 2.24) is 9.88 Å². The Hall–Kier alpha value is -3.79. The van der Waals surface area contributed by atoms with E-state index in [2.05, 4.69) is 15.2 Å². The molecule has 2 N–H and O–H groups in total. The summed E-state index contributed by atoms with van der Waals surface area (Å²) in [6, 6.07) is 12.8. The zero-order chi connectivity index (χ0) is 27.1. The molecule has 0 saturated carbocycles. The van der Waals surface area contributed by atoms with E-state index < -0.39 is 23.5 Å². The number of likely N-dealkylation sites (tertiary alicyclic amines) is 1. The fourth-order valence-corrected chi connectivity index (χ4v) is 4.74. The number of nitrogens with zero attached hydrogens (tertiary/aromatic N) is 2. The minimum Gasteiger partial charge on any atom is -0.507 e. The second-order valence-corrected chi connectivity index (χ2v) is 9.31. The molecule has 1 saturated heterocycles. The fourth-order valence-electron chi connectivity index (χ4n) is 4.74. The number of phenolic OH excluding ortho intramolecular Hbond substituents is 1. The Morgan fingerprint density at radius 3 is 2.26 bits per heavy atom. The molecule has 0 spiro atoms. The van der Waals surface area contributed by atoms with Crippen LogP contribution >= 0.6 is 0 Å². The van der Waals surface area contributed by atoms with Gasteiger partial charge in [0.15, 0.2) is 0 Å². The molecule has 198 valence electrons. The molecule has 2 heterocycles. The number of benzene rings is 3. The highest BCUT2D eigenvalue weighted by Gasteiger charge is 2.31. The lowest BCUT2D eigenvalue weighted by atomic mass is 9.98. The number of nitrogens with one attached hydrogen (secondary N) is 1. The van der Waals surface area contributed by atoms with Gasteiger partial charge in [0.25, 0.3) is 0 Å². The van der Waals surface area contributed by atoms with Crippen LogP contribution in [0.2, 0.25) is 0 Å². The van der Waals surface area contributed by atoms with Gasteiger partial charge >= 0.3 is 12.4 Å². The summed E-state index contributed by atoms with van der Waals surface area (Å²) in [5, 5.41) is 14.7. The van der Waals surface area contributed by atoms with Gasteiger partial charge in [0.05, 0.1) is 16.6 Å². The average Bonchev–Trinajstić information content (AvgIpc) is 3.38. The number of fused-ring (bicyclic) bond motifs is 1.